The molecule has 19 heavy (non-hydrogen) atoms. The van der Waals surface area contributed by atoms with Crippen LogP contribution in [-0.4, -0.2) is 30.2 Å². The lowest BCUT2D eigenvalue weighted by molar-refractivity contribution is -0.125. The van der Waals surface area contributed by atoms with E-state index in [1.54, 1.807) is 12.1 Å². The first-order valence-corrected chi connectivity index (χ1v) is 5.85. The van der Waals surface area contributed by atoms with Crippen LogP contribution in [0.25, 0.3) is 0 Å². The summed E-state index contributed by atoms with van der Waals surface area (Å²) in [4.78, 5) is 24.3. The Kier molecular flexibility index (Phi) is 2.75. The van der Waals surface area contributed by atoms with E-state index in [1.807, 2.05) is 0 Å². The molecule has 2 aliphatic heterocycles. The maximum Gasteiger partial charge on any atom is 0.324 e. The molecular formula is C12H13N3O4. The Morgan fingerprint density at radius 2 is 2.21 bits per heavy atom. The van der Waals surface area contributed by atoms with Crippen LogP contribution in [0.3, 0.4) is 0 Å². The van der Waals surface area contributed by atoms with Crippen LogP contribution in [0.5, 0.6) is 5.75 Å². The lowest BCUT2D eigenvalue weighted by Crippen LogP contribution is -2.31. The Bertz CT molecular complexity index is 542. The number of nitrogens with two attached hydrogens (primary N) is 1. The summed E-state index contributed by atoms with van der Waals surface area (Å²) in [5.74, 6) is 0.390. The number of anilines is 1. The molecule has 0 spiro atoms. The highest BCUT2D eigenvalue weighted by Crippen LogP contribution is 2.31. The predicted molar refractivity (Wildman–Crippen MR) is 65.1 cm³/mol. The molecule has 2 aliphatic rings. The fraction of sp³-hybridized carbons (Fsp3) is 0.333. The number of ether oxygens (including phenoxy) is 2. The number of benzene rings is 1. The number of nitrogens with one attached hydrogen (secondary N) is 1. The normalized spacial score (nSPS) is 18.0. The van der Waals surface area contributed by atoms with E-state index >= 15 is 0 Å². The van der Waals surface area contributed by atoms with Gasteiger partial charge in [0.1, 0.15) is 5.75 Å². The number of carbonyl (C=O) groups is 2. The minimum atomic E-state index is -0.395. The summed E-state index contributed by atoms with van der Waals surface area (Å²) in [7, 11) is 0. The Morgan fingerprint density at radius 3 is 2.95 bits per heavy atom. The van der Waals surface area contributed by atoms with Crippen LogP contribution < -0.4 is 15.8 Å². The maximum absolute atomic E-state index is 11.6. The number of rotatable bonds is 2. The van der Waals surface area contributed by atoms with Crippen LogP contribution in [0, 0.1) is 0 Å². The first-order chi connectivity index (χ1) is 9.15. The Labute approximate surface area is 109 Å². The molecule has 1 aromatic rings. The van der Waals surface area contributed by atoms with Crippen molar-refractivity contribution in [2.45, 2.75) is 13.2 Å². The second kappa shape index (κ2) is 4.43. The maximum atomic E-state index is 11.6. The van der Waals surface area contributed by atoms with Crippen molar-refractivity contribution in [3.8, 4) is 5.75 Å². The number of carbonyl (C=O) groups excluding carboxylic acids is 2. The van der Waals surface area contributed by atoms with E-state index in [0.29, 0.717) is 23.6 Å². The van der Waals surface area contributed by atoms with Crippen molar-refractivity contribution in [1.29, 1.82) is 0 Å². The van der Waals surface area contributed by atoms with E-state index < -0.39 is 6.03 Å². The molecule has 0 atom stereocenters. The van der Waals surface area contributed by atoms with Gasteiger partial charge in [-0.05, 0) is 12.1 Å². The van der Waals surface area contributed by atoms with Crippen molar-refractivity contribution < 1.29 is 19.1 Å². The van der Waals surface area contributed by atoms with Crippen LogP contribution in [0.2, 0.25) is 0 Å². The molecular weight excluding hydrogens is 250 g/mol. The standard InChI is InChI=1S/C12H13N3O4/c13-9-1-7(4-15-10(16)3-14-12(15)17)11-8(2-9)5-18-6-19-11/h1-2H,3-6,13H2,(H,14,17). The third kappa shape index (κ3) is 2.08. The lowest BCUT2D eigenvalue weighted by atomic mass is 10.1. The van der Waals surface area contributed by atoms with Gasteiger partial charge in [-0.25, -0.2) is 4.79 Å². The summed E-state index contributed by atoms with van der Waals surface area (Å²) in [6.45, 7) is 0.753. The van der Waals surface area contributed by atoms with Crippen molar-refractivity contribution in [1.82, 2.24) is 10.2 Å². The number of amides is 3. The van der Waals surface area contributed by atoms with Crippen molar-refractivity contribution in [2.75, 3.05) is 19.1 Å². The predicted octanol–water partition coefficient (Wildman–Crippen LogP) is 0.187. The molecule has 1 saturated heterocycles. The summed E-state index contributed by atoms with van der Waals surface area (Å²) in [6.07, 6.45) is 0. The fourth-order valence-corrected chi connectivity index (χ4v) is 2.23. The van der Waals surface area contributed by atoms with Gasteiger partial charge in [-0.3, -0.25) is 9.69 Å². The highest BCUT2D eigenvalue weighted by Gasteiger charge is 2.30. The van der Waals surface area contributed by atoms with Crippen LogP contribution in [0.1, 0.15) is 11.1 Å². The highest BCUT2D eigenvalue weighted by atomic mass is 16.7. The quantitative estimate of drug-likeness (QED) is 0.586. The third-order valence-corrected chi connectivity index (χ3v) is 3.07. The number of imide groups is 1. The van der Waals surface area contributed by atoms with Crippen LogP contribution in [0.4, 0.5) is 10.5 Å². The molecule has 2 heterocycles. The number of fused-ring (bicyclic) bond motifs is 1. The Hall–Kier alpha value is -2.28. The number of hydrogen-bond acceptors (Lipinski definition) is 5. The van der Waals surface area contributed by atoms with Gasteiger partial charge in [0.05, 0.1) is 19.7 Å². The molecule has 0 aliphatic carbocycles. The van der Waals surface area contributed by atoms with E-state index in [1.165, 1.54) is 0 Å². The molecule has 0 aromatic heterocycles. The lowest BCUT2D eigenvalue weighted by Gasteiger charge is -2.23. The topological polar surface area (TPSA) is 93.9 Å². The molecule has 0 saturated carbocycles. The number of nitrogens with zero attached hydrogens (tertiary/aromatic N) is 1. The zero-order valence-electron chi connectivity index (χ0n) is 10.1. The summed E-state index contributed by atoms with van der Waals surface area (Å²) in [6, 6.07) is 3.08. The van der Waals surface area contributed by atoms with E-state index in [-0.39, 0.29) is 25.8 Å². The molecule has 7 nitrogen and oxygen atoms in total. The minimum Gasteiger partial charge on any atom is -0.467 e. The zero-order valence-corrected chi connectivity index (χ0v) is 10.1. The van der Waals surface area contributed by atoms with Gasteiger partial charge in [0.15, 0.2) is 6.79 Å². The van der Waals surface area contributed by atoms with Gasteiger partial charge in [-0.1, -0.05) is 0 Å². The second-order valence-corrected chi connectivity index (χ2v) is 4.42. The summed E-state index contributed by atoms with van der Waals surface area (Å²) >= 11 is 0. The van der Waals surface area contributed by atoms with Crippen molar-refractivity contribution in [2.24, 2.45) is 0 Å². The average Bonchev–Trinajstić information content (AvgIpc) is 2.70. The Balaban J connectivity index is 1.94. The average molecular weight is 263 g/mol. The molecule has 1 aromatic carbocycles. The number of nitrogen functional groups attached to an aromatic ring is 1. The Morgan fingerprint density at radius 1 is 1.37 bits per heavy atom. The van der Waals surface area contributed by atoms with Crippen LogP contribution in [-0.2, 0) is 22.7 Å². The first-order valence-electron chi connectivity index (χ1n) is 5.85. The van der Waals surface area contributed by atoms with Crippen LogP contribution >= 0.6 is 0 Å². The largest absolute Gasteiger partial charge is 0.467 e. The SMILES string of the molecule is Nc1cc2c(c(CN3C(=O)CNC3=O)c1)OCOC2. The van der Waals surface area contributed by atoms with Gasteiger partial charge in [0.25, 0.3) is 0 Å². The molecule has 1 fully saturated rings. The monoisotopic (exact) mass is 263 g/mol. The molecule has 0 bridgehead atoms. The molecule has 3 rings (SSSR count). The van der Waals surface area contributed by atoms with Gasteiger partial charge in [0.2, 0.25) is 5.91 Å². The fourth-order valence-electron chi connectivity index (χ4n) is 2.23. The van der Waals surface area contributed by atoms with Gasteiger partial charge >= 0.3 is 6.03 Å². The summed E-state index contributed by atoms with van der Waals surface area (Å²) in [5.41, 5.74) is 7.90. The van der Waals surface area contributed by atoms with Gasteiger partial charge in [-0.2, -0.15) is 0 Å². The van der Waals surface area contributed by atoms with E-state index in [2.05, 4.69) is 5.32 Å². The summed E-state index contributed by atoms with van der Waals surface area (Å²) < 4.78 is 10.6. The molecule has 0 unspecified atom stereocenters. The zero-order chi connectivity index (χ0) is 13.4. The third-order valence-electron chi connectivity index (χ3n) is 3.07. The second-order valence-electron chi connectivity index (χ2n) is 4.42. The first kappa shape index (κ1) is 11.8. The van der Waals surface area contributed by atoms with Crippen molar-refractivity contribution in [3.63, 3.8) is 0 Å². The van der Waals surface area contributed by atoms with Gasteiger partial charge < -0.3 is 20.5 Å². The number of urea groups is 1. The van der Waals surface area contributed by atoms with Crippen molar-refractivity contribution in [3.05, 3.63) is 23.3 Å². The van der Waals surface area contributed by atoms with Gasteiger partial charge in [-0.15, -0.1) is 0 Å². The van der Waals surface area contributed by atoms with E-state index in [9.17, 15) is 9.59 Å². The molecule has 3 amide bonds. The molecule has 100 valence electrons. The van der Waals surface area contributed by atoms with Gasteiger partial charge in [0, 0.05) is 16.8 Å². The van der Waals surface area contributed by atoms with Crippen LogP contribution in [0.15, 0.2) is 12.1 Å². The summed E-state index contributed by atoms with van der Waals surface area (Å²) in [5, 5.41) is 2.47. The van der Waals surface area contributed by atoms with E-state index in [0.717, 1.165) is 10.5 Å². The van der Waals surface area contributed by atoms with E-state index in [4.69, 9.17) is 15.2 Å². The minimum absolute atomic E-state index is 0.0350. The molecule has 7 heteroatoms. The highest BCUT2D eigenvalue weighted by molar-refractivity contribution is 6.01. The smallest absolute Gasteiger partial charge is 0.324 e. The molecule has 3 N–H and O–H groups in total. The molecule has 0 radical (unpaired) electrons. The van der Waals surface area contributed by atoms with Crippen molar-refractivity contribution >= 4 is 17.6 Å². The number of hydrogen-bond donors (Lipinski definition) is 2.